The van der Waals surface area contributed by atoms with Crippen molar-refractivity contribution >= 4 is 5.97 Å². The van der Waals surface area contributed by atoms with Crippen LogP contribution in [0.3, 0.4) is 0 Å². The minimum absolute atomic E-state index is 0.0192. The average molecular weight is 386 g/mol. The summed E-state index contributed by atoms with van der Waals surface area (Å²) < 4.78 is 17.6. The molecule has 1 N–H and O–H groups in total. The van der Waals surface area contributed by atoms with Crippen LogP contribution in [-0.4, -0.2) is 37.4 Å². The van der Waals surface area contributed by atoms with Crippen LogP contribution in [0, 0.1) is 23.2 Å². The van der Waals surface area contributed by atoms with Gasteiger partial charge in [-0.15, -0.1) is 0 Å². The zero-order valence-corrected chi connectivity index (χ0v) is 17.1. The van der Waals surface area contributed by atoms with E-state index in [1.807, 2.05) is 12.1 Å². The number of esters is 1. The summed E-state index contributed by atoms with van der Waals surface area (Å²) in [5.41, 5.74) is 1.32. The number of ether oxygens (including phenoxy) is 3. The molecule has 28 heavy (non-hydrogen) atoms. The lowest BCUT2D eigenvalue weighted by Crippen LogP contribution is -2.54. The highest BCUT2D eigenvalue weighted by Gasteiger charge is 2.78. The number of fused-ring (bicyclic) bond motifs is 2. The van der Waals surface area contributed by atoms with E-state index in [9.17, 15) is 4.79 Å². The Kier molecular flexibility index (Phi) is 4.25. The van der Waals surface area contributed by atoms with E-state index < -0.39 is 0 Å². The molecule has 0 bridgehead atoms. The normalized spacial score (nSPS) is 43.5. The predicted molar refractivity (Wildman–Crippen MR) is 105 cm³/mol. The van der Waals surface area contributed by atoms with E-state index in [2.05, 4.69) is 31.3 Å². The summed E-state index contributed by atoms with van der Waals surface area (Å²) in [6.45, 7) is 6.08. The fourth-order valence-electron chi connectivity index (χ4n) is 6.58. The molecule has 2 saturated heterocycles. The van der Waals surface area contributed by atoms with Gasteiger partial charge in [0.1, 0.15) is 17.5 Å². The second kappa shape index (κ2) is 6.46. The van der Waals surface area contributed by atoms with Gasteiger partial charge in [-0.05, 0) is 42.9 Å². The highest BCUT2D eigenvalue weighted by Crippen LogP contribution is 2.70. The Morgan fingerprint density at radius 3 is 2.82 bits per heavy atom. The lowest BCUT2D eigenvalue weighted by atomic mass is 9.53. The van der Waals surface area contributed by atoms with E-state index >= 15 is 0 Å². The lowest BCUT2D eigenvalue weighted by Gasteiger charge is -2.48. The van der Waals surface area contributed by atoms with E-state index in [4.69, 9.17) is 14.2 Å². The molecular weight excluding hydrogens is 354 g/mol. The Balaban J connectivity index is 1.27. The number of carbonyl (C=O) groups is 1. The number of epoxide rings is 1. The molecule has 2 saturated carbocycles. The molecule has 1 spiro atoms. The van der Waals surface area contributed by atoms with Gasteiger partial charge in [0.15, 0.2) is 0 Å². The van der Waals surface area contributed by atoms with E-state index in [-0.39, 0.29) is 41.0 Å². The van der Waals surface area contributed by atoms with Gasteiger partial charge in [0.25, 0.3) is 0 Å². The maximum atomic E-state index is 12.7. The van der Waals surface area contributed by atoms with Crippen molar-refractivity contribution in [3.05, 3.63) is 29.8 Å². The van der Waals surface area contributed by atoms with Gasteiger partial charge in [0.2, 0.25) is 0 Å². The Morgan fingerprint density at radius 1 is 1.29 bits per heavy atom. The minimum Gasteiger partial charge on any atom is -0.497 e. The summed E-state index contributed by atoms with van der Waals surface area (Å²) in [5.74, 6) is 1.48. The maximum Gasteiger partial charge on any atom is 0.311 e. The third-order valence-electron chi connectivity index (χ3n) is 8.05. The number of hydrogen-bond donors (Lipinski definition) is 1. The summed E-state index contributed by atoms with van der Waals surface area (Å²) in [5, 5.41) is 3.48. The number of methoxy groups -OCH3 is 1. The van der Waals surface area contributed by atoms with Crippen LogP contribution in [0.1, 0.15) is 45.1 Å². The third-order valence-corrected chi connectivity index (χ3v) is 8.05. The van der Waals surface area contributed by atoms with Gasteiger partial charge in [-0.2, -0.15) is 0 Å². The number of carbonyl (C=O) groups excluding carboxylic acids is 1. The van der Waals surface area contributed by atoms with Crippen molar-refractivity contribution < 1.29 is 19.0 Å². The molecule has 0 aromatic heterocycles. The molecule has 1 aromatic carbocycles. The first-order valence-electron chi connectivity index (χ1n) is 10.7. The van der Waals surface area contributed by atoms with Crippen LogP contribution in [0.5, 0.6) is 5.75 Å². The van der Waals surface area contributed by atoms with Crippen molar-refractivity contribution in [1.82, 2.24) is 5.32 Å². The van der Waals surface area contributed by atoms with E-state index in [1.165, 1.54) is 24.8 Å². The molecule has 2 aliphatic heterocycles. The first-order chi connectivity index (χ1) is 13.5. The quantitative estimate of drug-likeness (QED) is 0.622. The van der Waals surface area contributed by atoms with Crippen LogP contribution in [0.4, 0.5) is 0 Å². The fraction of sp³-hybridized carbons (Fsp3) is 0.696. The number of benzene rings is 1. The summed E-state index contributed by atoms with van der Waals surface area (Å²) in [6.07, 6.45) is 4.85. The molecule has 5 heteroatoms. The molecule has 0 unspecified atom stereocenters. The Labute approximate surface area is 167 Å². The van der Waals surface area contributed by atoms with Crippen molar-refractivity contribution in [3.8, 4) is 5.75 Å². The van der Waals surface area contributed by atoms with E-state index in [0.717, 1.165) is 18.7 Å². The molecule has 0 amide bonds. The number of nitrogens with one attached hydrogen (secondary N) is 1. The summed E-state index contributed by atoms with van der Waals surface area (Å²) in [6, 6.07) is 8.03. The topological polar surface area (TPSA) is 60.1 Å². The molecule has 2 heterocycles. The molecule has 4 fully saturated rings. The van der Waals surface area contributed by atoms with Crippen molar-refractivity contribution in [1.29, 1.82) is 0 Å². The van der Waals surface area contributed by atoms with Crippen LogP contribution in [0.25, 0.3) is 0 Å². The molecule has 4 aliphatic rings. The monoisotopic (exact) mass is 385 g/mol. The van der Waals surface area contributed by atoms with Crippen molar-refractivity contribution in [2.45, 2.75) is 63.9 Å². The molecule has 2 aliphatic carbocycles. The zero-order chi connectivity index (χ0) is 19.5. The lowest BCUT2D eigenvalue weighted by molar-refractivity contribution is -0.146. The van der Waals surface area contributed by atoms with Crippen LogP contribution < -0.4 is 10.1 Å². The second-order valence-corrected chi connectivity index (χ2v) is 9.53. The second-order valence-electron chi connectivity index (χ2n) is 9.53. The van der Waals surface area contributed by atoms with Crippen LogP contribution in [-0.2, 0) is 20.8 Å². The van der Waals surface area contributed by atoms with Gasteiger partial charge < -0.3 is 19.5 Å². The molecular formula is C23H31NO4. The zero-order valence-electron chi connectivity index (χ0n) is 17.1. The summed E-state index contributed by atoms with van der Waals surface area (Å²) >= 11 is 0. The van der Waals surface area contributed by atoms with Gasteiger partial charge in [-0.25, -0.2) is 0 Å². The smallest absolute Gasteiger partial charge is 0.311 e. The molecule has 0 radical (unpaired) electrons. The third kappa shape index (κ3) is 2.55. The van der Waals surface area contributed by atoms with Crippen LogP contribution in [0.15, 0.2) is 24.3 Å². The molecule has 5 rings (SSSR count). The SMILES string of the molecule is COc1ccc(CNC[C@@H]2C(=O)O[C@@H]3C[C@@]4(C)CCC[C@@H](C)[C@@]45O[C@H]5[C@H]23)cc1. The summed E-state index contributed by atoms with van der Waals surface area (Å²) in [4.78, 5) is 12.7. The van der Waals surface area contributed by atoms with Gasteiger partial charge >= 0.3 is 5.97 Å². The van der Waals surface area contributed by atoms with Crippen molar-refractivity contribution in [2.24, 2.45) is 23.2 Å². The predicted octanol–water partition coefficient (Wildman–Crippen LogP) is 3.31. The van der Waals surface area contributed by atoms with Crippen molar-refractivity contribution in [2.75, 3.05) is 13.7 Å². The van der Waals surface area contributed by atoms with E-state index in [0.29, 0.717) is 12.5 Å². The van der Waals surface area contributed by atoms with Gasteiger partial charge in [0, 0.05) is 24.4 Å². The standard InChI is InChI=1S/C23H31NO4/c1-14-5-4-10-22(2)11-18-19(20-23(14,22)28-20)17(21(25)27-18)13-24-12-15-6-8-16(26-3)9-7-15/h6-9,14,17-20,24H,4-5,10-13H2,1-3H3/t14-,17+,18-,19-,20+,22-,23+/m1/s1. The molecule has 152 valence electrons. The highest BCUT2D eigenvalue weighted by atomic mass is 16.6. The van der Waals surface area contributed by atoms with E-state index in [1.54, 1.807) is 7.11 Å². The molecule has 5 nitrogen and oxygen atoms in total. The van der Waals surface area contributed by atoms with Crippen LogP contribution in [0.2, 0.25) is 0 Å². The fourth-order valence-corrected chi connectivity index (χ4v) is 6.58. The first-order valence-corrected chi connectivity index (χ1v) is 10.7. The Morgan fingerprint density at radius 2 is 2.07 bits per heavy atom. The first kappa shape index (κ1) is 18.4. The van der Waals surface area contributed by atoms with Gasteiger partial charge in [0.05, 0.1) is 19.1 Å². The Hall–Kier alpha value is -1.59. The largest absolute Gasteiger partial charge is 0.497 e. The number of rotatable bonds is 5. The number of hydrogen-bond acceptors (Lipinski definition) is 5. The van der Waals surface area contributed by atoms with Crippen LogP contribution >= 0.6 is 0 Å². The van der Waals surface area contributed by atoms with Crippen molar-refractivity contribution in [3.63, 3.8) is 0 Å². The maximum absolute atomic E-state index is 12.7. The summed E-state index contributed by atoms with van der Waals surface area (Å²) in [7, 11) is 1.67. The van der Waals surface area contributed by atoms with Gasteiger partial charge in [-0.3, -0.25) is 4.79 Å². The molecule has 7 atom stereocenters. The Bertz CT molecular complexity index is 764. The van der Waals surface area contributed by atoms with Gasteiger partial charge in [-0.1, -0.05) is 32.4 Å². The molecule has 1 aromatic rings. The minimum atomic E-state index is -0.105. The highest BCUT2D eigenvalue weighted by molar-refractivity contribution is 5.76. The average Bonchev–Trinajstić information content (AvgIpc) is 3.36.